The smallest absolute Gasteiger partial charge is 0.251 e. The number of rotatable bonds is 7. The average Bonchev–Trinajstić information content (AvgIpc) is 2.76. The molecule has 7 heteroatoms. The van der Waals surface area contributed by atoms with Gasteiger partial charge in [0.1, 0.15) is 11.9 Å². The first kappa shape index (κ1) is 22.1. The molecule has 2 N–H and O–H groups in total. The van der Waals surface area contributed by atoms with Crippen molar-refractivity contribution in [3.63, 3.8) is 0 Å². The number of pyridine rings is 1. The number of hydrogen-bond acceptors (Lipinski definition) is 4. The van der Waals surface area contributed by atoms with E-state index in [-0.39, 0.29) is 17.7 Å². The Balaban J connectivity index is 1.64. The molecule has 1 aromatic heterocycles. The van der Waals surface area contributed by atoms with Crippen LogP contribution >= 0.6 is 11.6 Å². The van der Waals surface area contributed by atoms with Crippen LogP contribution in [0.5, 0.6) is 0 Å². The molecule has 1 aromatic carbocycles. The van der Waals surface area contributed by atoms with Crippen molar-refractivity contribution in [1.29, 1.82) is 0 Å². The third-order valence-electron chi connectivity index (χ3n) is 5.32. The molecular weight excluding hydrogens is 400 g/mol. The molecule has 2 heterocycles. The fraction of sp³-hybridized carbons (Fsp3) is 0.435. The van der Waals surface area contributed by atoms with Gasteiger partial charge in [0.05, 0.1) is 0 Å². The number of carbonyl (C=O) groups excluding carboxylic acids is 2. The third kappa shape index (κ3) is 5.72. The highest BCUT2D eigenvalue weighted by molar-refractivity contribution is 6.30. The monoisotopic (exact) mass is 428 g/mol. The number of aromatic nitrogens is 1. The Morgan fingerprint density at radius 2 is 1.80 bits per heavy atom. The van der Waals surface area contributed by atoms with Gasteiger partial charge in [-0.15, -0.1) is 0 Å². The summed E-state index contributed by atoms with van der Waals surface area (Å²) in [5, 5.41) is 6.39. The lowest BCUT2D eigenvalue weighted by Crippen LogP contribution is -2.49. The second kappa shape index (κ2) is 10.4. The van der Waals surface area contributed by atoms with Gasteiger partial charge in [0.15, 0.2) is 0 Å². The summed E-state index contributed by atoms with van der Waals surface area (Å²) in [7, 11) is 0. The molecule has 1 fully saturated rings. The molecule has 160 valence electrons. The van der Waals surface area contributed by atoms with Gasteiger partial charge >= 0.3 is 0 Å². The van der Waals surface area contributed by atoms with Gasteiger partial charge in [-0.1, -0.05) is 31.5 Å². The van der Waals surface area contributed by atoms with Crippen LogP contribution in [0.2, 0.25) is 5.02 Å². The van der Waals surface area contributed by atoms with E-state index in [2.05, 4.69) is 20.5 Å². The number of piperidine rings is 1. The van der Waals surface area contributed by atoms with Gasteiger partial charge in [0, 0.05) is 42.0 Å². The van der Waals surface area contributed by atoms with E-state index >= 15 is 0 Å². The van der Waals surface area contributed by atoms with Crippen LogP contribution in [0.15, 0.2) is 42.6 Å². The normalized spacial score (nSPS) is 15.0. The van der Waals surface area contributed by atoms with E-state index in [0.717, 1.165) is 37.3 Å². The van der Waals surface area contributed by atoms with Crippen LogP contribution in [0.3, 0.4) is 0 Å². The Morgan fingerprint density at radius 1 is 1.10 bits per heavy atom. The van der Waals surface area contributed by atoms with Crippen LogP contribution in [0, 0.1) is 5.92 Å². The number of halogens is 1. The highest BCUT2D eigenvalue weighted by Crippen LogP contribution is 2.21. The number of carbonyl (C=O) groups is 2. The second-order valence-electron chi connectivity index (χ2n) is 7.95. The SMILES string of the molecule is CC(C)C(NC(=O)c1ccc(Cl)cc1)C(=O)NCc1cccnc1N1CCCCC1. The minimum absolute atomic E-state index is 0.0586. The Labute approximate surface area is 183 Å². The fourth-order valence-corrected chi connectivity index (χ4v) is 3.74. The summed E-state index contributed by atoms with van der Waals surface area (Å²) in [6, 6.07) is 9.85. The zero-order valence-corrected chi connectivity index (χ0v) is 18.3. The minimum Gasteiger partial charge on any atom is -0.356 e. The third-order valence-corrected chi connectivity index (χ3v) is 5.57. The first-order chi connectivity index (χ1) is 14.5. The number of nitrogens with zero attached hydrogens (tertiary/aromatic N) is 2. The fourth-order valence-electron chi connectivity index (χ4n) is 3.61. The second-order valence-corrected chi connectivity index (χ2v) is 8.39. The molecule has 0 spiro atoms. The largest absolute Gasteiger partial charge is 0.356 e. The topological polar surface area (TPSA) is 74.3 Å². The first-order valence-corrected chi connectivity index (χ1v) is 10.9. The molecule has 2 aromatic rings. The van der Waals surface area contributed by atoms with Crippen molar-refractivity contribution in [2.45, 2.75) is 45.7 Å². The molecule has 1 atom stereocenters. The highest BCUT2D eigenvalue weighted by Gasteiger charge is 2.25. The van der Waals surface area contributed by atoms with Crippen LogP contribution in [0.25, 0.3) is 0 Å². The van der Waals surface area contributed by atoms with Crippen molar-refractivity contribution in [2.24, 2.45) is 5.92 Å². The van der Waals surface area contributed by atoms with Crippen LogP contribution in [0.4, 0.5) is 5.82 Å². The molecule has 1 aliphatic heterocycles. The molecule has 6 nitrogen and oxygen atoms in total. The first-order valence-electron chi connectivity index (χ1n) is 10.5. The maximum atomic E-state index is 12.9. The van der Waals surface area contributed by atoms with Crippen molar-refractivity contribution in [3.8, 4) is 0 Å². The molecule has 2 amide bonds. The number of anilines is 1. The molecule has 0 aliphatic carbocycles. The average molecular weight is 429 g/mol. The lowest BCUT2D eigenvalue weighted by atomic mass is 10.0. The molecule has 1 aliphatic rings. The van der Waals surface area contributed by atoms with Crippen molar-refractivity contribution < 1.29 is 9.59 Å². The molecule has 0 saturated carbocycles. The zero-order valence-electron chi connectivity index (χ0n) is 17.5. The van der Waals surface area contributed by atoms with Crippen LogP contribution < -0.4 is 15.5 Å². The van der Waals surface area contributed by atoms with Gasteiger partial charge in [-0.3, -0.25) is 9.59 Å². The van der Waals surface area contributed by atoms with Gasteiger partial charge in [0.2, 0.25) is 5.91 Å². The molecule has 0 radical (unpaired) electrons. The highest BCUT2D eigenvalue weighted by atomic mass is 35.5. The summed E-state index contributed by atoms with van der Waals surface area (Å²) >= 11 is 5.89. The van der Waals surface area contributed by atoms with E-state index in [9.17, 15) is 9.59 Å². The van der Waals surface area contributed by atoms with E-state index < -0.39 is 6.04 Å². The Hall–Kier alpha value is -2.60. The Kier molecular flexibility index (Phi) is 7.69. The predicted molar refractivity (Wildman–Crippen MR) is 120 cm³/mol. The van der Waals surface area contributed by atoms with Crippen LogP contribution in [-0.4, -0.2) is 35.9 Å². The summed E-state index contributed by atoms with van der Waals surface area (Å²) in [5.41, 5.74) is 1.46. The number of nitrogens with one attached hydrogen (secondary N) is 2. The van der Waals surface area contributed by atoms with Gasteiger partial charge in [-0.2, -0.15) is 0 Å². The molecule has 1 unspecified atom stereocenters. The van der Waals surface area contributed by atoms with Crippen LogP contribution in [0.1, 0.15) is 49.0 Å². The van der Waals surface area contributed by atoms with Gasteiger partial charge in [-0.05, 0) is 55.5 Å². The molecular formula is C23H29ClN4O2. The summed E-state index contributed by atoms with van der Waals surface area (Å²) in [6.45, 7) is 6.18. The van der Waals surface area contributed by atoms with Crippen molar-refractivity contribution in [3.05, 3.63) is 58.7 Å². The van der Waals surface area contributed by atoms with E-state index in [0.29, 0.717) is 17.1 Å². The summed E-state index contributed by atoms with van der Waals surface area (Å²) < 4.78 is 0. The molecule has 0 bridgehead atoms. The van der Waals surface area contributed by atoms with Crippen molar-refractivity contribution >= 4 is 29.2 Å². The lowest BCUT2D eigenvalue weighted by molar-refractivity contribution is -0.124. The maximum Gasteiger partial charge on any atom is 0.251 e. The van der Waals surface area contributed by atoms with Crippen molar-refractivity contribution in [1.82, 2.24) is 15.6 Å². The Morgan fingerprint density at radius 3 is 2.47 bits per heavy atom. The minimum atomic E-state index is -0.636. The lowest BCUT2D eigenvalue weighted by Gasteiger charge is -2.29. The van der Waals surface area contributed by atoms with E-state index in [1.165, 1.54) is 6.42 Å². The zero-order chi connectivity index (χ0) is 21.5. The van der Waals surface area contributed by atoms with E-state index in [4.69, 9.17) is 11.6 Å². The van der Waals surface area contributed by atoms with E-state index in [1.807, 2.05) is 26.0 Å². The maximum absolute atomic E-state index is 12.9. The van der Waals surface area contributed by atoms with Crippen LogP contribution in [-0.2, 0) is 11.3 Å². The summed E-state index contributed by atoms with van der Waals surface area (Å²) in [5.74, 6) is 0.372. The number of benzene rings is 1. The van der Waals surface area contributed by atoms with Gasteiger partial charge in [-0.25, -0.2) is 4.98 Å². The molecule has 3 rings (SSSR count). The van der Waals surface area contributed by atoms with Gasteiger partial charge in [0.25, 0.3) is 5.91 Å². The van der Waals surface area contributed by atoms with Gasteiger partial charge < -0.3 is 15.5 Å². The molecule has 30 heavy (non-hydrogen) atoms. The van der Waals surface area contributed by atoms with Crippen molar-refractivity contribution in [2.75, 3.05) is 18.0 Å². The molecule has 1 saturated heterocycles. The Bertz CT molecular complexity index is 864. The predicted octanol–water partition coefficient (Wildman–Crippen LogP) is 3.80. The summed E-state index contributed by atoms with van der Waals surface area (Å²) in [4.78, 5) is 32.3. The standard InChI is InChI=1S/C23H29ClN4O2/c1-16(2)20(27-22(29)17-8-10-19(24)11-9-17)23(30)26-15-18-7-6-12-25-21(18)28-13-4-3-5-14-28/h6-12,16,20H,3-5,13-15H2,1-2H3,(H,26,30)(H,27,29). The number of amides is 2. The van der Waals surface area contributed by atoms with E-state index in [1.54, 1.807) is 30.5 Å². The number of hydrogen-bond donors (Lipinski definition) is 2. The quantitative estimate of drug-likeness (QED) is 0.703. The summed E-state index contributed by atoms with van der Waals surface area (Å²) in [6.07, 6.45) is 5.36.